The summed E-state index contributed by atoms with van der Waals surface area (Å²) in [6, 6.07) is 3.25. The largest absolute Gasteiger partial charge is 0.480 e. The van der Waals surface area contributed by atoms with E-state index in [4.69, 9.17) is 16.3 Å². The molecule has 3 rings (SSSR count). The number of carbonyl (C=O) groups excluding carboxylic acids is 2. The SMILES string of the molecule is CN1CC[C@H](N(C)C(=O)Nc2cc(Cl)c3c(c2)NC(=O)CO3)C1. The zero-order valence-corrected chi connectivity index (χ0v) is 13.8. The molecule has 2 aliphatic heterocycles. The van der Waals surface area contributed by atoms with Gasteiger partial charge in [-0.05, 0) is 32.1 Å². The lowest BCUT2D eigenvalue weighted by Gasteiger charge is -2.25. The van der Waals surface area contributed by atoms with Crippen molar-refractivity contribution in [2.24, 2.45) is 0 Å². The van der Waals surface area contributed by atoms with Gasteiger partial charge >= 0.3 is 6.03 Å². The number of nitrogens with zero attached hydrogens (tertiary/aromatic N) is 2. The molecule has 1 atom stereocenters. The van der Waals surface area contributed by atoms with E-state index in [9.17, 15) is 9.59 Å². The van der Waals surface area contributed by atoms with Gasteiger partial charge in [-0.1, -0.05) is 11.6 Å². The van der Waals surface area contributed by atoms with Crippen LogP contribution < -0.4 is 15.4 Å². The molecule has 0 aliphatic carbocycles. The Balaban J connectivity index is 1.72. The van der Waals surface area contributed by atoms with Crippen molar-refractivity contribution in [3.8, 4) is 5.75 Å². The van der Waals surface area contributed by atoms with Crippen LogP contribution in [0.2, 0.25) is 5.02 Å². The minimum Gasteiger partial charge on any atom is -0.480 e. The smallest absolute Gasteiger partial charge is 0.321 e. The summed E-state index contributed by atoms with van der Waals surface area (Å²) in [6.07, 6.45) is 0.954. The molecule has 2 aliphatic rings. The second kappa shape index (κ2) is 6.25. The molecule has 1 aromatic rings. The van der Waals surface area contributed by atoms with Gasteiger partial charge in [-0.3, -0.25) is 4.79 Å². The second-order valence-electron chi connectivity index (χ2n) is 5.92. The molecule has 0 saturated carbocycles. The average molecular weight is 339 g/mol. The molecule has 1 fully saturated rings. The van der Waals surface area contributed by atoms with Crippen molar-refractivity contribution in [2.75, 3.05) is 44.4 Å². The molecule has 2 N–H and O–H groups in total. The Bertz CT molecular complexity index is 652. The number of urea groups is 1. The molecule has 0 spiro atoms. The van der Waals surface area contributed by atoms with Crippen LogP contribution in [-0.4, -0.2) is 61.6 Å². The standard InChI is InChI=1S/C15H19ClN4O3/c1-19-4-3-10(7-19)20(2)15(22)17-9-5-11(16)14-12(6-9)18-13(21)8-23-14/h5-6,10H,3-4,7-8H2,1-2H3,(H,17,22)(H,18,21)/t10-/m0/s1. The number of nitrogens with one attached hydrogen (secondary N) is 2. The third-order valence-corrected chi connectivity index (χ3v) is 4.43. The summed E-state index contributed by atoms with van der Waals surface area (Å²) < 4.78 is 5.29. The minimum atomic E-state index is -0.247. The summed E-state index contributed by atoms with van der Waals surface area (Å²) in [4.78, 5) is 27.7. The highest BCUT2D eigenvalue weighted by molar-refractivity contribution is 6.33. The van der Waals surface area contributed by atoms with Gasteiger partial charge in [0.1, 0.15) is 0 Å². The van der Waals surface area contributed by atoms with Crippen LogP contribution in [0.15, 0.2) is 12.1 Å². The first-order valence-corrected chi connectivity index (χ1v) is 7.80. The van der Waals surface area contributed by atoms with Crippen molar-refractivity contribution in [1.82, 2.24) is 9.80 Å². The predicted molar refractivity (Wildman–Crippen MR) is 88.3 cm³/mol. The Morgan fingerprint density at radius 3 is 3.00 bits per heavy atom. The maximum Gasteiger partial charge on any atom is 0.321 e. The van der Waals surface area contributed by atoms with Crippen LogP contribution in [0, 0.1) is 0 Å². The predicted octanol–water partition coefficient (Wildman–Crippen LogP) is 1.84. The number of anilines is 2. The highest BCUT2D eigenvalue weighted by atomic mass is 35.5. The van der Waals surface area contributed by atoms with E-state index < -0.39 is 0 Å². The number of ether oxygens (including phenoxy) is 1. The molecule has 1 aromatic carbocycles. The number of hydrogen-bond acceptors (Lipinski definition) is 4. The van der Waals surface area contributed by atoms with E-state index >= 15 is 0 Å². The van der Waals surface area contributed by atoms with Gasteiger partial charge in [0.05, 0.1) is 10.7 Å². The fraction of sp³-hybridized carbons (Fsp3) is 0.467. The fourth-order valence-corrected chi connectivity index (χ4v) is 3.11. The van der Waals surface area contributed by atoms with Gasteiger partial charge in [-0.2, -0.15) is 0 Å². The van der Waals surface area contributed by atoms with E-state index in [0.29, 0.717) is 22.1 Å². The highest BCUT2D eigenvalue weighted by Gasteiger charge is 2.27. The van der Waals surface area contributed by atoms with Gasteiger partial charge in [0.15, 0.2) is 12.4 Å². The van der Waals surface area contributed by atoms with Gasteiger partial charge in [0.2, 0.25) is 0 Å². The Kier molecular flexibility index (Phi) is 4.32. The number of likely N-dealkylation sites (tertiary alicyclic amines) is 1. The van der Waals surface area contributed by atoms with Crippen molar-refractivity contribution < 1.29 is 14.3 Å². The highest BCUT2D eigenvalue weighted by Crippen LogP contribution is 2.38. The van der Waals surface area contributed by atoms with Crippen molar-refractivity contribution in [2.45, 2.75) is 12.5 Å². The molecule has 2 heterocycles. The second-order valence-corrected chi connectivity index (χ2v) is 6.32. The lowest BCUT2D eigenvalue weighted by molar-refractivity contribution is -0.118. The molecule has 7 nitrogen and oxygen atoms in total. The number of carbonyl (C=O) groups is 2. The van der Waals surface area contributed by atoms with Crippen LogP contribution in [-0.2, 0) is 4.79 Å². The van der Waals surface area contributed by atoms with E-state index in [1.54, 1.807) is 24.1 Å². The van der Waals surface area contributed by atoms with Gasteiger partial charge in [-0.25, -0.2) is 4.79 Å². The third kappa shape index (κ3) is 3.35. The molecule has 1 saturated heterocycles. The number of fused-ring (bicyclic) bond motifs is 1. The number of halogens is 1. The molecule has 0 unspecified atom stereocenters. The summed E-state index contributed by atoms with van der Waals surface area (Å²) in [5.41, 5.74) is 0.982. The Labute approximate surface area is 139 Å². The van der Waals surface area contributed by atoms with Crippen LogP contribution in [0.4, 0.5) is 16.2 Å². The monoisotopic (exact) mass is 338 g/mol. The molecular weight excluding hydrogens is 320 g/mol. The topological polar surface area (TPSA) is 73.9 Å². The molecule has 0 bridgehead atoms. The van der Waals surface area contributed by atoms with Crippen LogP contribution in [0.1, 0.15) is 6.42 Å². The van der Waals surface area contributed by atoms with Crippen LogP contribution in [0.25, 0.3) is 0 Å². The quantitative estimate of drug-likeness (QED) is 0.863. The van der Waals surface area contributed by atoms with Gasteiger partial charge in [0, 0.05) is 25.3 Å². The van der Waals surface area contributed by atoms with Crippen molar-refractivity contribution in [3.63, 3.8) is 0 Å². The molecule has 0 aromatic heterocycles. The minimum absolute atomic E-state index is 0.0592. The van der Waals surface area contributed by atoms with Crippen molar-refractivity contribution in [3.05, 3.63) is 17.2 Å². The Morgan fingerprint density at radius 1 is 1.52 bits per heavy atom. The molecule has 23 heavy (non-hydrogen) atoms. The Morgan fingerprint density at radius 2 is 2.30 bits per heavy atom. The van der Waals surface area contributed by atoms with E-state index in [1.807, 2.05) is 7.05 Å². The zero-order valence-electron chi connectivity index (χ0n) is 13.1. The zero-order chi connectivity index (χ0) is 16.6. The van der Waals surface area contributed by atoms with Crippen molar-refractivity contribution >= 4 is 34.9 Å². The maximum atomic E-state index is 12.4. The lowest BCUT2D eigenvalue weighted by Crippen LogP contribution is -2.41. The van der Waals surface area contributed by atoms with E-state index in [2.05, 4.69) is 15.5 Å². The van der Waals surface area contributed by atoms with Crippen LogP contribution in [0.3, 0.4) is 0 Å². The average Bonchev–Trinajstić information content (AvgIpc) is 2.92. The van der Waals surface area contributed by atoms with Crippen molar-refractivity contribution in [1.29, 1.82) is 0 Å². The number of amides is 3. The number of benzene rings is 1. The summed E-state index contributed by atoms with van der Waals surface area (Å²) >= 11 is 6.16. The van der Waals surface area contributed by atoms with Crippen LogP contribution >= 0.6 is 11.6 Å². The maximum absolute atomic E-state index is 12.4. The molecule has 8 heteroatoms. The number of rotatable bonds is 2. The summed E-state index contributed by atoms with van der Waals surface area (Å²) in [6.45, 7) is 1.78. The Hall–Kier alpha value is -1.99. The normalized spacial score (nSPS) is 20.5. The van der Waals surface area contributed by atoms with E-state index in [-0.39, 0.29) is 24.6 Å². The molecule has 124 valence electrons. The van der Waals surface area contributed by atoms with E-state index in [1.165, 1.54) is 0 Å². The van der Waals surface area contributed by atoms with Crippen LogP contribution in [0.5, 0.6) is 5.75 Å². The summed E-state index contributed by atoms with van der Waals surface area (Å²) in [5, 5.41) is 5.85. The van der Waals surface area contributed by atoms with E-state index in [0.717, 1.165) is 19.5 Å². The number of hydrogen-bond donors (Lipinski definition) is 2. The molecule has 0 radical (unpaired) electrons. The first-order chi connectivity index (χ1) is 10.9. The van der Waals surface area contributed by atoms with Gasteiger partial charge in [-0.15, -0.1) is 0 Å². The molecular formula is C15H19ClN4O3. The summed E-state index contributed by atoms with van der Waals surface area (Å²) in [5.74, 6) is 0.179. The van der Waals surface area contributed by atoms with Gasteiger partial charge in [0.25, 0.3) is 5.91 Å². The summed E-state index contributed by atoms with van der Waals surface area (Å²) in [7, 11) is 3.82. The third-order valence-electron chi connectivity index (χ3n) is 4.15. The fourth-order valence-electron chi connectivity index (χ4n) is 2.83. The number of likely N-dealkylation sites (N-methyl/N-ethyl adjacent to an activating group) is 2. The lowest BCUT2D eigenvalue weighted by atomic mass is 10.2. The molecule has 3 amide bonds. The first-order valence-electron chi connectivity index (χ1n) is 7.42. The van der Waals surface area contributed by atoms with Gasteiger partial charge < -0.3 is 25.2 Å². The first kappa shape index (κ1) is 15.9.